The van der Waals surface area contributed by atoms with Crippen LogP contribution in [0.1, 0.15) is 47.5 Å². The van der Waals surface area contributed by atoms with Crippen LogP contribution in [-0.2, 0) is 14.4 Å². The number of ketones is 1. The van der Waals surface area contributed by atoms with Crippen LogP contribution in [0.4, 0.5) is 0 Å². The molecule has 2 amide bonds. The van der Waals surface area contributed by atoms with E-state index < -0.39 is 64.6 Å². The Morgan fingerprint density at radius 3 is 2.19 bits per heavy atom. The number of Topliss-reactive ketones (excluding diaryl/α,β-unsaturated/α-hetero) is 1. The molecule has 0 aliphatic heterocycles. The highest BCUT2D eigenvalue weighted by Crippen LogP contribution is 2.41. The number of allylic oxidation sites excluding steroid dienone is 2. The van der Waals surface area contributed by atoms with Crippen molar-refractivity contribution in [3.8, 4) is 0 Å². The Morgan fingerprint density at radius 2 is 1.74 bits per heavy atom. The highest BCUT2D eigenvalue weighted by atomic mass is 16.4. The van der Waals surface area contributed by atoms with Gasteiger partial charge in [-0.25, -0.2) is 0 Å². The topological polar surface area (TPSA) is 209 Å². The van der Waals surface area contributed by atoms with Crippen LogP contribution < -0.4 is 16.4 Å². The van der Waals surface area contributed by atoms with E-state index in [0.717, 1.165) is 0 Å². The van der Waals surface area contributed by atoms with E-state index in [-0.39, 0.29) is 35.3 Å². The number of amides is 2. The minimum Gasteiger partial charge on any atom is -0.508 e. The van der Waals surface area contributed by atoms with Gasteiger partial charge in [-0.1, -0.05) is 6.92 Å². The number of aliphatic hydroxyl groups is 5. The Balaban J connectivity index is 2.77. The maximum Gasteiger partial charge on any atom is 0.255 e. The van der Waals surface area contributed by atoms with Gasteiger partial charge >= 0.3 is 0 Å². The van der Waals surface area contributed by atoms with Crippen LogP contribution in [0.25, 0.3) is 0 Å². The summed E-state index contributed by atoms with van der Waals surface area (Å²) < 4.78 is 0. The van der Waals surface area contributed by atoms with Gasteiger partial charge in [0.05, 0.1) is 18.3 Å². The normalized spacial score (nSPS) is 25.3. The number of nitrogens with zero attached hydrogens (tertiary/aromatic N) is 2. The molecule has 0 aromatic carbocycles. The summed E-state index contributed by atoms with van der Waals surface area (Å²) in [6, 6.07) is -1.14. The Bertz CT molecular complexity index is 1300. The van der Waals surface area contributed by atoms with Crippen molar-refractivity contribution < 1.29 is 39.9 Å². The molecule has 0 aromatic heterocycles. The quantitative estimate of drug-likeness (QED) is 0.137. The molecule has 9 N–H and O–H groups in total. The van der Waals surface area contributed by atoms with Gasteiger partial charge < -0.3 is 46.8 Å². The second-order valence-electron chi connectivity index (χ2n) is 12.0. The van der Waals surface area contributed by atoms with Crippen molar-refractivity contribution in [3.05, 3.63) is 57.0 Å². The second-order valence-corrected chi connectivity index (χ2v) is 12.0. The predicted molar refractivity (Wildman–Crippen MR) is 157 cm³/mol. The fraction of sp³-hybridized carbons (Fsp3) is 0.552. The van der Waals surface area contributed by atoms with E-state index >= 15 is 0 Å². The zero-order chi connectivity index (χ0) is 32.5. The predicted octanol–water partition coefficient (Wildman–Crippen LogP) is 0.550. The van der Waals surface area contributed by atoms with Gasteiger partial charge in [-0.3, -0.25) is 19.3 Å². The largest absolute Gasteiger partial charge is 0.508 e. The van der Waals surface area contributed by atoms with Gasteiger partial charge in [0.1, 0.15) is 29.0 Å². The SMILES string of the molecule is CCC(/C(O)=C1\C(C)=C(N(C)C)C=C(NC(=O)CNC(C)(C)C)[C@H]1O)=C(/O)[C@@]1(O)C[C@H](N(C)C)C(=O)C(C(N)=O)=C1O. The number of nitrogens with one attached hydrogen (secondary N) is 2. The molecule has 0 saturated carbocycles. The number of carbonyl (C=O) groups is 3. The van der Waals surface area contributed by atoms with Crippen molar-refractivity contribution in [2.45, 2.75) is 70.7 Å². The lowest BCUT2D eigenvalue weighted by Crippen LogP contribution is -2.53. The smallest absolute Gasteiger partial charge is 0.255 e. The van der Waals surface area contributed by atoms with Crippen LogP contribution in [-0.4, -0.2) is 111 Å². The number of nitrogens with two attached hydrogens (primary N) is 1. The maximum absolute atomic E-state index is 12.8. The maximum atomic E-state index is 12.8. The summed E-state index contributed by atoms with van der Waals surface area (Å²) in [5, 5.41) is 62.5. The highest BCUT2D eigenvalue weighted by molar-refractivity contribution is 6.22. The molecule has 3 atom stereocenters. The van der Waals surface area contributed by atoms with Gasteiger partial charge in [0, 0.05) is 42.9 Å². The standard InChI is InChI=1S/C29H45N5O8/c1-10-15(25(39)29(42)12-18(34(8)9)24(38)21(26(29)40)27(30)41)22(36)20-14(2)17(33(6)7)11-16(23(20)37)32-19(35)13-31-28(3,4)5/h11,18,23,31,36-37,39-40,42H,10,12-13H2,1-9H3,(H2,30,41)(H,32,35)/b22-20-,25-15-/t18-,23+,29-/m0/s1. The molecule has 0 aromatic rings. The first-order chi connectivity index (χ1) is 19.2. The van der Waals surface area contributed by atoms with Gasteiger partial charge in [-0.2, -0.15) is 0 Å². The third-order valence-electron chi connectivity index (χ3n) is 7.30. The summed E-state index contributed by atoms with van der Waals surface area (Å²) in [5.74, 6) is -5.24. The summed E-state index contributed by atoms with van der Waals surface area (Å²) >= 11 is 0. The molecule has 2 rings (SSSR count). The molecule has 0 spiro atoms. The van der Waals surface area contributed by atoms with E-state index in [9.17, 15) is 39.9 Å². The van der Waals surface area contributed by atoms with Crippen molar-refractivity contribution >= 4 is 17.6 Å². The van der Waals surface area contributed by atoms with Gasteiger partial charge in [-0.15, -0.1) is 0 Å². The molecular weight excluding hydrogens is 546 g/mol. The molecule has 0 fully saturated rings. The zero-order valence-corrected chi connectivity index (χ0v) is 25.8. The Labute approximate surface area is 246 Å². The van der Waals surface area contributed by atoms with E-state index in [1.165, 1.54) is 19.0 Å². The molecule has 234 valence electrons. The molecule has 13 nitrogen and oxygen atoms in total. The first-order valence-electron chi connectivity index (χ1n) is 13.5. The summed E-state index contributed by atoms with van der Waals surface area (Å²) in [6.45, 7) is 8.81. The molecule has 0 saturated heterocycles. The Hall–Kier alpha value is -3.65. The van der Waals surface area contributed by atoms with Crippen LogP contribution in [0.3, 0.4) is 0 Å². The lowest BCUT2D eigenvalue weighted by Gasteiger charge is -2.38. The molecule has 2 aliphatic rings. The van der Waals surface area contributed by atoms with Crippen molar-refractivity contribution in [2.75, 3.05) is 34.7 Å². The van der Waals surface area contributed by atoms with Crippen LogP contribution in [0, 0.1) is 0 Å². The number of likely N-dealkylation sites (N-methyl/N-ethyl adjacent to an activating group) is 2. The van der Waals surface area contributed by atoms with Crippen LogP contribution in [0.15, 0.2) is 57.0 Å². The molecule has 42 heavy (non-hydrogen) atoms. The van der Waals surface area contributed by atoms with Gasteiger partial charge in [-0.05, 0) is 59.9 Å². The van der Waals surface area contributed by atoms with E-state index in [1.807, 2.05) is 20.8 Å². The minimum absolute atomic E-state index is 0.0495. The zero-order valence-electron chi connectivity index (χ0n) is 25.8. The number of hydrogen-bond donors (Lipinski definition) is 8. The third-order valence-corrected chi connectivity index (χ3v) is 7.30. The molecule has 0 bridgehead atoms. The second kappa shape index (κ2) is 12.7. The van der Waals surface area contributed by atoms with Crippen molar-refractivity contribution in [2.24, 2.45) is 5.73 Å². The molecule has 0 radical (unpaired) electrons. The van der Waals surface area contributed by atoms with Crippen molar-refractivity contribution in [1.82, 2.24) is 20.4 Å². The number of carbonyl (C=O) groups excluding carboxylic acids is 3. The van der Waals surface area contributed by atoms with Gasteiger partial charge in [0.25, 0.3) is 5.91 Å². The van der Waals surface area contributed by atoms with Crippen molar-refractivity contribution in [1.29, 1.82) is 0 Å². The molecule has 0 unspecified atom stereocenters. The first-order valence-corrected chi connectivity index (χ1v) is 13.5. The van der Waals surface area contributed by atoms with Crippen LogP contribution in [0.5, 0.6) is 0 Å². The average Bonchev–Trinajstić information content (AvgIpc) is 2.86. The van der Waals surface area contributed by atoms with Gasteiger partial charge in [0.2, 0.25) is 5.91 Å². The summed E-state index contributed by atoms with van der Waals surface area (Å²) in [5.41, 5.74) is 2.14. The van der Waals surface area contributed by atoms with Gasteiger partial charge in [0.15, 0.2) is 11.4 Å². The lowest BCUT2D eigenvalue weighted by atomic mass is 9.76. The van der Waals surface area contributed by atoms with Crippen LogP contribution in [0.2, 0.25) is 0 Å². The highest BCUT2D eigenvalue weighted by Gasteiger charge is 2.51. The summed E-state index contributed by atoms with van der Waals surface area (Å²) in [4.78, 5) is 40.7. The fourth-order valence-electron chi connectivity index (χ4n) is 4.94. The van der Waals surface area contributed by atoms with E-state index in [4.69, 9.17) is 5.73 Å². The molecular formula is C29H45N5O8. The summed E-state index contributed by atoms with van der Waals surface area (Å²) in [6.07, 6.45) is -0.649. The molecule has 2 aliphatic carbocycles. The van der Waals surface area contributed by atoms with E-state index in [1.54, 1.807) is 38.9 Å². The molecule has 0 heterocycles. The van der Waals surface area contributed by atoms with E-state index in [0.29, 0.717) is 11.3 Å². The number of rotatable bonds is 9. The van der Waals surface area contributed by atoms with Crippen molar-refractivity contribution in [3.63, 3.8) is 0 Å². The number of hydrogen-bond acceptors (Lipinski definition) is 11. The first kappa shape index (κ1) is 34.6. The Morgan fingerprint density at radius 1 is 1.17 bits per heavy atom. The average molecular weight is 592 g/mol. The van der Waals surface area contributed by atoms with Crippen LogP contribution >= 0.6 is 0 Å². The number of aliphatic hydroxyl groups excluding tert-OH is 4. The minimum atomic E-state index is -2.67. The number of primary amides is 1. The van der Waals surface area contributed by atoms with E-state index in [2.05, 4.69) is 10.6 Å². The lowest BCUT2D eigenvalue weighted by molar-refractivity contribution is -0.128. The molecule has 13 heteroatoms. The summed E-state index contributed by atoms with van der Waals surface area (Å²) in [7, 11) is 6.49. The fourth-order valence-corrected chi connectivity index (χ4v) is 4.94. The Kier molecular flexibility index (Phi) is 10.4. The monoisotopic (exact) mass is 591 g/mol. The third kappa shape index (κ3) is 6.86.